The molecule has 0 bridgehead atoms. The quantitative estimate of drug-likeness (QED) is 0.856. The molecule has 1 aromatic carbocycles. The number of ether oxygens (including phenoxy) is 1. The molecule has 0 atom stereocenters. The Morgan fingerprint density at radius 3 is 2.50 bits per heavy atom. The monoisotopic (exact) mass is 302 g/mol. The van der Waals surface area contributed by atoms with Crippen LogP contribution >= 0.6 is 0 Å². The zero-order chi connectivity index (χ0) is 16.3. The van der Waals surface area contributed by atoms with E-state index >= 15 is 0 Å². The number of benzene rings is 1. The summed E-state index contributed by atoms with van der Waals surface area (Å²) in [4.78, 5) is 13.9. The van der Waals surface area contributed by atoms with Crippen molar-refractivity contribution in [2.75, 3.05) is 31.3 Å². The summed E-state index contributed by atoms with van der Waals surface area (Å²) in [5, 5.41) is 4.29. The molecular formula is C16H22N4O2. The van der Waals surface area contributed by atoms with Crippen molar-refractivity contribution in [3.05, 3.63) is 41.1 Å². The van der Waals surface area contributed by atoms with Gasteiger partial charge in [0, 0.05) is 25.3 Å². The van der Waals surface area contributed by atoms with Crippen LogP contribution in [0.15, 0.2) is 24.3 Å². The summed E-state index contributed by atoms with van der Waals surface area (Å²) in [6, 6.07) is 8.12. The minimum Gasteiger partial charge on any atom is -0.461 e. The van der Waals surface area contributed by atoms with E-state index in [4.69, 9.17) is 10.5 Å². The first kappa shape index (κ1) is 15.9. The molecule has 0 fully saturated rings. The summed E-state index contributed by atoms with van der Waals surface area (Å²) in [5.41, 5.74) is 9.18. The normalized spacial score (nSPS) is 10.5. The molecule has 0 aliphatic carbocycles. The molecule has 1 heterocycles. The average molecular weight is 302 g/mol. The summed E-state index contributed by atoms with van der Waals surface area (Å²) < 4.78 is 6.62. The van der Waals surface area contributed by atoms with Crippen molar-refractivity contribution in [3.8, 4) is 0 Å². The fourth-order valence-electron chi connectivity index (χ4n) is 2.15. The Morgan fingerprint density at radius 1 is 1.32 bits per heavy atom. The van der Waals surface area contributed by atoms with Crippen LogP contribution < -0.4 is 10.6 Å². The molecule has 2 aromatic rings. The number of hydrogen-bond donors (Lipinski definition) is 1. The lowest BCUT2D eigenvalue weighted by Crippen LogP contribution is -2.10. The maximum Gasteiger partial charge on any atom is 0.359 e. The molecule has 118 valence electrons. The topological polar surface area (TPSA) is 73.4 Å². The minimum atomic E-state index is -0.437. The number of carbonyl (C=O) groups excluding carboxylic acids is 1. The van der Waals surface area contributed by atoms with Gasteiger partial charge in [-0.2, -0.15) is 5.10 Å². The molecule has 0 aliphatic rings. The van der Waals surface area contributed by atoms with Crippen LogP contribution in [0, 0.1) is 6.92 Å². The van der Waals surface area contributed by atoms with Crippen LogP contribution in [0.25, 0.3) is 0 Å². The third-order valence-electron chi connectivity index (χ3n) is 3.49. The van der Waals surface area contributed by atoms with Gasteiger partial charge < -0.3 is 15.4 Å². The van der Waals surface area contributed by atoms with Crippen molar-refractivity contribution >= 4 is 17.5 Å². The van der Waals surface area contributed by atoms with Crippen molar-refractivity contribution in [3.63, 3.8) is 0 Å². The molecule has 0 aliphatic heterocycles. The Balaban J connectivity index is 2.22. The second kappa shape index (κ2) is 6.51. The Morgan fingerprint density at radius 2 is 1.95 bits per heavy atom. The number of carbonyl (C=O) groups is 1. The first-order valence-corrected chi connectivity index (χ1v) is 7.20. The van der Waals surface area contributed by atoms with Crippen LogP contribution in [0.3, 0.4) is 0 Å². The summed E-state index contributed by atoms with van der Waals surface area (Å²) in [6.07, 6.45) is 0. The molecule has 1 aromatic heterocycles. The van der Waals surface area contributed by atoms with E-state index in [9.17, 15) is 4.79 Å². The van der Waals surface area contributed by atoms with E-state index < -0.39 is 5.97 Å². The highest BCUT2D eigenvalue weighted by Crippen LogP contribution is 2.19. The fraction of sp³-hybridized carbons (Fsp3) is 0.375. The molecule has 0 radical (unpaired) electrons. The van der Waals surface area contributed by atoms with Crippen LogP contribution in [0.4, 0.5) is 11.5 Å². The summed E-state index contributed by atoms with van der Waals surface area (Å²) >= 11 is 0. The third kappa shape index (κ3) is 3.21. The van der Waals surface area contributed by atoms with Gasteiger partial charge in [-0.1, -0.05) is 12.1 Å². The number of nitrogens with zero attached hydrogens (tertiary/aromatic N) is 3. The number of rotatable bonds is 5. The second-order valence-corrected chi connectivity index (χ2v) is 5.30. The molecule has 0 spiro atoms. The standard InChI is InChI=1S/C16H22N4O2/c1-5-22-16(21)14-11(2)15(17)20(18-14)10-12-6-8-13(9-7-12)19(3)4/h6-9H,5,10,17H2,1-4H3. The Bertz CT molecular complexity index is 660. The zero-order valence-electron chi connectivity index (χ0n) is 13.5. The van der Waals surface area contributed by atoms with Gasteiger partial charge in [-0.15, -0.1) is 0 Å². The van der Waals surface area contributed by atoms with Crippen LogP contribution in [-0.4, -0.2) is 36.5 Å². The lowest BCUT2D eigenvalue weighted by atomic mass is 10.2. The molecule has 2 N–H and O–H groups in total. The molecular weight excluding hydrogens is 280 g/mol. The highest BCUT2D eigenvalue weighted by molar-refractivity contribution is 5.90. The van der Waals surface area contributed by atoms with E-state index in [0.29, 0.717) is 24.5 Å². The Hall–Kier alpha value is -2.50. The van der Waals surface area contributed by atoms with Crippen LogP contribution in [0.5, 0.6) is 0 Å². The highest BCUT2D eigenvalue weighted by atomic mass is 16.5. The molecule has 0 unspecified atom stereocenters. The largest absolute Gasteiger partial charge is 0.461 e. The van der Waals surface area contributed by atoms with Gasteiger partial charge in [0.1, 0.15) is 5.82 Å². The maximum absolute atomic E-state index is 11.8. The third-order valence-corrected chi connectivity index (χ3v) is 3.49. The van der Waals surface area contributed by atoms with Crippen molar-refractivity contribution < 1.29 is 9.53 Å². The van der Waals surface area contributed by atoms with Crippen molar-refractivity contribution in [2.24, 2.45) is 0 Å². The van der Waals surface area contributed by atoms with Gasteiger partial charge in [0.05, 0.1) is 13.2 Å². The molecule has 6 heteroatoms. The van der Waals surface area contributed by atoms with E-state index in [0.717, 1.165) is 11.3 Å². The summed E-state index contributed by atoms with van der Waals surface area (Å²) in [5.74, 6) is 0.0492. The average Bonchev–Trinajstić information content (AvgIpc) is 2.76. The van der Waals surface area contributed by atoms with Crippen LogP contribution in [-0.2, 0) is 11.3 Å². The lowest BCUT2D eigenvalue weighted by molar-refractivity contribution is 0.0517. The minimum absolute atomic E-state index is 0.282. The number of anilines is 2. The van der Waals surface area contributed by atoms with Gasteiger partial charge in [0.25, 0.3) is 0 Å². The molecule has 6 nitrogen and oxygen atoms in total. The molecule has 0 amide bonds. The molecule has 0 saturated heterocycles. The number of aromatic nitrogens is 2. The first-order valence-electron chi connectivity index (χ1n) is 7.20. The first-order chi connectivity index (χ1) is 10.4. The van der Waals surface area contributed by atoms with Gasteiger partial charge in [-0.05, 0) is 31.5 Å². The molecule has 22 heavy (non-hydrogen) atoms. The van der Waals surface area contributed by atoms with Gasteiger partial charge in [-0.25, -0.2) is 9.48 Å². The fourth-order valence-corrected chi connectivity index (χ4v) is 2.15. The second-order valence-electron chi connectivity index (χ2n) is 5.30. The van der Waals surface area contributed by atoms with Crippen molar-refractivity contribution in [1.29, 1.82) is 0 Å². The zero-order valence-corrected chi connectivity index (χ0v) is 13.5. The Labute approximate surface area is 130 Å². The van der Waals surface area contributed by atoms with E-state index in [2.05, 4.69) is 5.10 Å². The predicted octanol–water partition coefficient (Wildman–Crippen LogP) is 2.06. The SMILES string of the molecule is CCOC(=O)c1nn(Cc2ccc(N(C)C)cc2)c(N)c1C. The number of esters is 1. The molecule has 2 rings (SSSR count). The van der Waals surface area contributed by atoms with E-state index in [1.807, 2.05) is 43.3 Å². The smallest absolute Gasteiger partial charge is 0.359 e. The number of hydrogen-bond acceptors (Lipinski definition) is 5. The lowest BCUT2D eigenvalue weighted by Gasteiger charge is -2.13. The highest BCUT2D eigenvalue weighted by Gasteiger charge is 2.19. The van der Waals surface area contributed by atoms with Crippen molar-refractivity contribution in [2.45, 2.75) is 20.4 Å². The summed E-state index contributed by atoms with van der Waals surface area (Å²) in [6.45, 7) is 4.37. The Kier molecular flexibility index (Phi) is 4.70. The summed E-state index contributed by atoms with van der Waals surface area (Å²) in [7, 11) is 3.99. The van der Waals surface area contributed by atoms with Gasteiger partial charge in [0.2, 0.25) is 0 Å². The van der Waals surface area contributed by atoms with E-state index in [1.54, 1.807) is 18.5 Å². The van der Waals surface area contributed by atoms with Crippen LogP contribution in [0.1, 0.15) is 28.5 Å². The van der Waals surface area contributed by atoms with Crippen molar-refractivity contribution in [1.82, 2.24) is 9.78 Å². The predicted molar refractivity (Wildman–Crippen MR) is 87.2 cm³/mol. The van der Waals surface area contributed by atoms with Gasteiger partial charge in [0.15, 0.2) is 5.69 Å². The van der Waals surface area contributed by atoms with Gasteiger partial charge >= 0.3 is 5.97 Å². The van der Waals surface area contributed by atoms with E-state index in [1.165, 1.54) is 0 Å². The van der Waals surface area contributed by atoms with Crippen LogP contribution in [0.2, 0.25) is 0 Å². The van der Waals surface area contributed by atoms with E-state index in [-0.39, 0.29) is 5.69 Å². The van der Waals surface area contributed by atoms with Gasteiger partial charge in [-0.3, -0.25) is 0 Å². The molecule has 0 saturated carbocycles. The number of nitrogen functional groups attached to an aromatic ring is 1. The number of nitrogens with two attached hydrogens (primary N) is 1. The maximum atomic E-state index is 11.8.